The molecule has 1 aliphatic carbocycles. The summed E-state index contributed by atoms with van der Waals surface area (Å²) in [6.07, 6.45) is 3.31. The molecule has 3 heterocycles. The Morgan fingerprint density at radius 1 is 1.28 bits per heavy atom. The molecule has 8 heteroatoms. The summed E-state index contributed by atoms with van der Waals surface area (Å²) in [7, 11) is 1.60. The SMILES string of the molecule is COc1nc2c(c(N3CCCOCC3)n1)CO[C@]1(CC[C@H](C)c3ccc(N)c(C#N)c31)C2. The van der Waals surface area contributed by atoms with Crippen LogP contribution in [0.2, 0.25) is 0 Å². The van der Waals surface area contributed by atoms with Crippen LogP contribution >= 0.6 is 0 Å². The molecule has 1 fully saturated rings. The van der Waals surface area contributed by atoms with Crippen molar-refractivity contribution in [3.63, 3.8) is 0 Å². The Kier molecular flexibility index (Phi) is 5.39. The van der Waals surface area contributed by atoms with Crippen molar-refractivity contribution in [3.8, 4) is 12.1 Å². The molecule has 0 saturated carbocycles. The molecule has 168 valence electrons. The van der Waals surface area contributed by atoms with Crippen LogP contribution in [0.3, 0.4) is 0 Å². The molecule has 5 rings (SSSR count). The van der Waals surface area contributed by atoms with Gasteiger partial charge in [0.15, 0.2) is 0 Å². The van der Waals surface area contributed by atoms with E-state index in [1.165, 1.54) is 0 Å². The molecular weight excluding hydrogens is 406 g/mol. The number of anilines is 2. The van der Waals surface area contributed by atoms with Gasteiger partial charge in [0.2, 0.25) is 0 Å². The van der Waals surface area contributed by atoms with Gasteiger partial charge in [-0.05, 0) is 36.8 Å². The number of rotatable bonds is 2. The summed E-state index contributed by atoms with van der Waals surface area (Å²) in [6.45, 7) is 5.65. The highest BCUT2D eigenvalue weighted by Gasteiger charge is 2.46. The molecule has 1 aromatic heterocycles. The van der Waals surface area contributed by atoms with Crippen molar-refractivity contribution in [2.75, 3.05) is 44.0 Å². The molecule has 0 unspecified atom stereocenters. The lowest BCUT2D eigenvalue weighted by molar-refractivity contribution is -0.0872. The zero-order valence-corrected chi connectivity index (χ0v) is 18.7. The lowest BCUT2D eigenvalue weighted by atomic mass is 9.69. The van der Waals surface area contributed by atoms with E-state index in [1.54, 1.807) is 7.11 Å². The minimum Gasteiger partial charge on any atom is -0.467 e. The van der Waals surface area contributed by atoms with Crippen molar-refractivity contribution < 1.29 is 14.2 Å². The fraction of sp³-hybridized carbons (Fsp3) is 0.542. The molecule has 2 N–H and O–H groups in total. The van der Waals surface area contributed by atoms with Crippen LogP contribution in [0.1, 0.15) is 60.1 Å². The maximum Gasteiger partial charge on any atom is 0.318 e. The number of hydrogen-bond acceptors (Lipinski definition) is 8. The number of ether oxygens (including phenoxy) is 3. The number of methoxy groups -OCH3 is 1. The third-order valence-electron chi connectivity index (χ3n) is 7.05. The van der Waals surface area contributed by atoms with Gasteiger partial charge in [0, 0.05) is 42.9 Å². The maximum atomic E-state index is 9.94. The summed E-state index contributed by atoms with van der Waals surface area (Å²) in [4.78, 5) is 11.7. The van der Waals surface area contributed by atoms with Gasteiger partial charge in [0.05, 0.1) is 31.6 Å². The Morgan fingerprint density at radius 3 is 2.97 bits per heavy atom. The van der Waals surface area contributed by atoms with Crippen molar-refractivity contribution >= 4 is 11.5 Å². The summed E-state index contributed by atoms with van der Waals surface area (Å²) < 4.78 is 17.8. The van der Waals surface area contributed by atoms with Crippen LogP contribution in [-0.4, -0.2) is 43.4 Å². The predicted octanol–water partition coefficient (Wildman–Crippen LogP) is 3.03. The van der Waals surface area contributed by atoms with E-state index in [4.69, 9.17) is 29.9 Å². The summed E-state index contributed by atoms with van der Waals surface area (Å²) in [5.74, 6) is 1.21. The number of nitriles is 1. The summed E-state index contributed by atoms with van der Waals surface area (Å²) >= 11 is 0. The molecular formula is C24H29N5O3. The molecule has 0 bridgehead atoms. The first kappa shape index (κ1) is 21.0. The fourth-order valence-corrected chi connectivity index (χ4v) is 5.34. The van der Waals surface area contributed by atoms with Gasteiger partial charge in [0.25, 0.3) is 0 Å². The van der Waals surface area contributed by atoms with Crippen LogP contribution in [0.25, 0.3) is 0 Å². The summed E-state index contributed by atoms with van der Waals surface area (Å²) in [5.41, 5.74) is 10.7. The summed E-state index contributed by atoms with van der Waals surface area (Å²) in [5, 5.41) is 9.94. The lowest BCUT2D eigenvalue weighted by Crippen LogP contribution is -2.42. The summed E-state index contributed by atoms with van der Waals surface area (Å²) in [6, 6.07) is 6.60. The van der Waals surface area contributed by atoms with Crippen molar-refractivity contribution in [2.24, 2.45) is 0 Å². The van der Waals surface area contributed by atoms with E-state index < -0.39 is 5.60 Å². The van der Waals surface area contributed by atoms with Crippen LogP contribution in [0.5, 0.6) is 6.01 Å². The van der Waals surface area contributed by atoms with Crippen LogP contribution in [0.4, 0.5) is 11.5 Å². The van der Waals surface area contributed by atoms with E-state index in [9.17, 15) is 5.26 Å². The normalized spacial score (nSPS) is 24.9. The molecule has 1 spiro atoms. The molecule has 0 amide bonds. The van der Waals surface area contributed by atoms with E-state index in [0.717, 1.165) is 67.2 Å². The fourth-order valence-electron chi connectivity index (χ4n) is 5.34. The Hall–Kier alpha value is -2.89. The molecule has 32 heavy (non-hydrogen) atoms. The average Bonchev–Trinajstić information content (AvgIpc) is 3.10. The number of nitrogens with two attached hydrogens (primary N) is 1. The van der Waals surface area contributed by atoms with E-state index in [2.05, 4.69) is 24.0 Å². The molecule has 1 saturated heterocycles. The van der Waals surface area contributed by atoms with Crippen LogP contribution in [0.15, 0.2) is 12.1 Å². The number of nitrogen functional groups attached to an aromatic ring is 1. The first-order chi connectivity index (χ1) is 15.6. The zero-order valence-electron chi connectivity index (χ0n) is 18.7. The second-order valence-corrected chi connectivity index (χ2v) is 8.92. The third-order valence-corrected chi connectivity index (χ3v) is 7.05. The monoisotopic (exact) mass is 435 g/mol. The first-order valence-electron chi connectivity index (χ1n) is 11.3. The smallest absolute Gasteiger partial charge is 0.318 e. The van der Waals surface area contributed by atoms with E-state index in [1.807, 2.05) is 6.07 Å². The van der Waals surface area contributed by atoms with Gasteiger partial charge in [-0.1, -0.05) is 13.0 Å². The molecule has 2 aliphatic heterocycles. The maximum absolute atomic E-state index is 9.94. The second kappa shape index (κ2) is 8.23. The van der Waals surface area contributed by atoms with Crippen molar-refractivity contribution in [1.82, 2.24) is 9.97 Å². The van der Waals surface area contributed by atoms with E-state index in [0.29, 0.717) is 42.8 Å². The molecule has 1 aromatic carbocycles. The Morgan fingerprint density at radius 2 is 2.16 bits per heavy atom. The van der Waals surface area contributed by atoms with Gasteiger partial charge in [0.1, 0.15) is 17.5 Å². The van der Waals surface area contributed by atoms with Crippen molar-refractivity contribution in [3.05, 3.63) is 40.1 Å². The first-order valence-corrected chi connectivity index (χ1v) is 11.3. The topological polar surface area (TPSA) is 107 Å². The highest BCUT2D eigenvalue weighted by atomic mass is 16.5. The quantitative estimate of drug-likeness (QED) is 0.718. The second-order valence-electron chi connectivity index (χ2n) is 8.92. The van der Waals surface area contributed by atoms with Crippen LogP contribution in [-0.2, 0) is 28.1 Å². The number of aromatic nitrogens is 2. The number of nitrogens with zero attached hydrogens (tertiary/aromatic N) is 4. The van der Waals surface area contributed by atoms with E-state index in [-0.39, 0.29) is 0 Å². The van der Waals surface area contributed by atoms with Gasteiger partial charge in [-0.2, -0.15) is 15.2 Å². The van der Waals surface area contributed by atoms with Crippen molar-refractivity contribution in [1.29, 1.82) is 5.26 Å². The van der Waals surface area contributed by atoms with Crippen LogP contribution in [0, 0.1) is 11.3 Å². The Labute approximate surface area is 188 Å². The van der Waals surface area contributed by atoms with Crippen LogP contribution < -0.4 is 15.4 Å². The van der Waals surface area contributed by atoms with Gasteiger partial charge in [-0.15, -0.1) is 0 Å². The standard InChI is InChI=1S/C24H29N5O3/c1-15-6-7-24(21-16(15)4-5-19(26)17(21)13-25)12-20-18(14-32-24)22(28-23(27-20)30-2)29-8-3-10-31-11-9-29/h4-5,15H,3,6-12,14,26H2,1-2H3/t15-,24+/m0/s1. The van der Waals surface area contributed by atoms with Gasteiger partial charge >= 0.3 is 6.01 Å². The largest absolute Gasteiger partial charge is 0.467 e. The highest BCUT2D eigenvalue weighted by Crippen LogP contribution is 2.51. The number of benzene rings is 1. The van der Waals surface area contributed by atoms with E-state index >= 15 is 0 Å². The minimum absolute atomic E-state index is 0.348. The molecule has 2 aromatic rings. The number of fused-ring (bicyclic) bond motifs is 3. The average molecular weight is 436 g/mol. The van der Waals surface area contributed by atoms with Gasteiger partial charge in [-0.25, -0.2) is 0 Å². The molecule has 0 radical (unpaired) electrons. The van der Waals surface area contributed by atoms with Gasteiger partial charge in [-0.3, -0.25) is 0 Å². The third kappa shape index (κ3) is 3.37. The minimum atomic E-state index is -0.617. The molecule has 3 aliphatic rings. The zero-order chi connectivity index (χ0) is 22.3. The molecule has 8 nitrogen and oxygen atoms in total. The Bertz CT molecular complexity index is 1070. The van der Waals surface area contributed by atoms with Crippen molar-refractivity contribution in [2.45, 2.75) is 50.7 Å². The lowest BCUT2D eigenvalue weighted by Gasteiger charge is -2.45. The highest BCUT2D eigenvalue weighted by molar-refractivity contribution is 5.64. The number of hydrogen-bond donors (Lipinski definition) is 1. The predicted molar refractivity (Wildman–Crippen MR) is 120 cm³/mol. The Balaban J connectivity index is 1.62. The molecule has 2 atom stereocenters. The van der Waals surface area contributed by atoms with Gasteiger partial charge < -0.3 is 24.8 Å².